The fourth-order valence-corrected chi connectivity index (χ4v) is 3.28. The Kier molecular flexibility index (Phi) is 6.21. The molecule has 116 valence electrons. The molecule has 1 aliphatic heterocycles. The van der Waals surface area contributed by atoms with Crippen LogP contribution in [0, 0.1) is 6.92 Å². The fourth-order valence-electron chi connectivity index (χ4n) is 2.62. The predicted octanol–water partition coefficient (Wildman–Crippen LogP) is 2.60. The van der Waals surface area contributed by atoms with Crippen LogP contribution >= 0.6 is 15.9 Å². The van der Waals surface area contributed by atoms with E-state index in [1.54, 1.807) is 7.11 Å². The van der Waals surface area contributed by atoms with Crippen LogP contribution in [0.15, 0.2) is 22.7 Å². The van der Waals surface area contributed by atoms with Crippen LogP contribution in [0.1, 0.15) is 28.8 Å². The van der Waals surface area contributed by atoms with Gasteiger partial charge in [0, 0.05) is 30.7 Å². The number of nitrogens with one attached hydrogen (secondary N) is 1. The first kappa shape index (κ1) is 16.5. The van der Waals surface area contributed by atoms with Gasteiger partial charge in [-0.05, 0) is 59.9 Å². The van der Waals surface area contributed by atoms with Crippen molar-refractivity contribution in [3.63, 3.8) is 0 Å². The largest absolute Gasteiger partial charge is 0.383 e. The van der Waals surface area contributed by atoms with Gasteiger partial charge in [-0.3, -0.25) is 4.79 Å². The molecule has 0 radical (unpaired) electrons. The zero-order chi connectivity index (χ0) is 15.2. The second-order valence-electron chi connectivity index (χ2n) is 5.52. The van der Waals surface area contributed by atoms with Gasteiger partial charge in [-0.15, -0.1) is 0 Å². The average Bonchev–Trinajstić information content (AvgIpc) is 2.95. The summed E-state index contributed by atoms with van der Waals surface area (Å²) < 4.78 is 6.00. The highest BCUT2D eigenvalue weighted by Gasteiger charge is 2.23. The van der Waals surface area contributed by atoms with E-state index in [0.717, 1.165) is 35.1 Å². The molecule has 1 aromatic carbocycles. The Hall–Kier alpha value is -0.910. The average molecular weight is 355 g/mol. The van der Waals surface area contributed by atoms with Crippen molar-refractivity contribution >= 4 is 21.8 Å². The molecule has 21 heavy (non-hydrogen) atoms. The van der Waals surface area contributed by atoms with E-state index >= 15 is 0 Å². The van der Waals surface area contributed by atoms with Gasteiger partial charge < -0.3 is 15.0 Å². The Morgan fingerprint density at radius 1 is 1.52 bits per heavy atom. The highest BCUT2D eigenvalue weighted by molar-refractivity contribution is 9.10. The van der Waals surface area contributed by atoms with E-state index < -0.39 is 0 Å². The molecule has 0 aliphatic carbocycles. The molecule has 1 fully saturated rings. The molecule has 5 heteroatoms. The number of carbonyl (C=O) groups excluding carboxylic acids is 1. The second-order valence-corrected chi connectivity index (χ2v) is 6.37. The molecule has 0 spiro atoms. The number of carbonyl (C=O) groups is 1. The van der Waals surface area contributed by atoms with E-state index in [2.05, 4.69) is 21.2 Å². The number of ether oxygens (including phenoxy) is 1. The maximum absolute atomic E-state index is 12.8. The lowest BCUT2D eigenvalue weighted by Crippen LogP contribution is -2.42. The molecule has 1 atom stereocenters. The number of hydrogen-bond donors (Lipinski definition) is 1. The highest BCUT2D eigenvalue weighted by Crippen LogP contribution is 2.20. The van der Waals surface area contributed by atoms with Crippen molar-refractivity contribution in [3.05, 3.63) is 33.8 Å². The van der Waals surface area contributed by atoms with Crippen molar-refractivity contribution in [1.29, 1.82) is 0 Å². The van der Waals surface area contributed by atoms with Gasteiger partial charge in [-0.2, -0.15) is 0 Å². The minimum atomic E-state index is 0.0626. The summed E-state index contributed by atoms with van der Waals surface area (Å²) in [6.45, 7) is 4.98. The number of hydrogen-bond acceptors (Lipinski definition) is 3. The summed E-state index contributed by atoms with van der Waals surface area (Å²) in [4.78, 5) is 14.7. The van der Waals surface area contributed by atoms with Crippen molar-refractivity contribution in [1.82, 2.24) is 10.2 Å². The molecule has 1 aliphatic rings. The molecular formula is C16H23BrN2O2. The summed E-state index contributed by atoms with van der Waals surface area (Å²) in [5.74, 6) is 0.0626. The monoisotopic (exact) mass is 354 g/mol. The van der Waals surface area contributed by atoms with Gasteiger partial charge in [0.15, 0.2) is 0 Å². The summed E-state index contributed by atoms with van der Waals surface area (Å²) in [6.07, 6.45) is 2.32. The number of rotatable bonds is 6. The van der Waals surface area contributed by atoms with E-state index in [0.29, 0.717) is 19.2 Å². The molecule has 0 saturated carbocycles. The van der Waals surface area contributed by atoms with Gasteiger partial charge in [-0.25, -0.2) is 0 Å². The van der Waals surface area contributed by atoms with Crippen molar-refractivity contribution < 1.29 is 9.53 Å². The second kappa shape index (κ2) is 7.92. The molecule has 0 bridgehead atoms. The first-order valence-electron chi connectivity index (χ1n) is 7.39. The maximum atomic E-state index is 12.8. The molecule has 1 unspecified atom stereocenters. The lowest BCUT2D eigenvalue weighted by Gasteiger charge is -2.26. The molecule has 1 amide bonds. The van der Waals surface area contributed by atoms with Crippen molar-refractivity contribution in [2.45, 2.75) is 25.8 Å². The van der Waals surface area contributed by atoms with Gasteiger partial charge in [0.1, 0.15) is 0 Å². The van der Waals surface area contributed by atoms with Crippen LogP contribution in [0.5, 0.6) is 0 Å². The molecule has 1 heterocycles. The van der Waals surface area contributed by atoms with E-state index in [1.165, 1.54) is 6.42 Å². The van der Waals surface area contributed by atoms with Crippen LogP contribution in [-0.4, -0.2) is 50.2 Å². The van der Waals surface area contributed by atoms with Crippen LogP contribution in [0.3, 0.4) is 0 Å². The number of amides is 1. The van der Waals surface area contributed by atoms with E-state index in [1.807, 2.05) is 30.0 Å². The van der Waals surface area contributed by atoms with Crippen LogP contribution in [-0.2, 0) is 4.74 Å². The summed E-state index contributed by atoms with van der Waals surface area (Å²) in [5, 5.41) is 3.45. The third-order valence-electron chi connectivity index (χ3n) is 3.81. The van der Waals surface area contributed by atoms with E-state index in [-0.39, 0.29) is 5.91 Å². The normalized spacial score (nSPS) is 18.0. The third kappa shape index (κ3) is 4.53. The van der Waals surface area contributed by atoms with Crippen LogP contribution < -0.4 is 5.32 Å². The Morgan fingerprint density at radius 3 is 2.95 bits per heavy atom. The lowest BCUT2D eigenvalue weighted by atomic mass is 10.1. The smallest absolute Gasteiger partial charge is 0.255 e. The molecule has 4 nitrogen and oxygen atoms in total. The Balaban J connectivity index is 2.11. The highest BCUT2D eigenvalue weighted by atomic mass is 79.9. The number of aryl methyl sites for hydroxylation is 1. The first-order chi connectivity index (χ1) is 10.1. The fraction of sp³-hybridized carbons (Fsp3) is 0.562. The molecular weight excluding hydrogens is 332 g/mol. The topological polar surface area (TPSA) is 41.6 Å². The Labute approximate surface area is 135 Å². The minimum Gasteiger partial charge on any atom is -0.383 e. The summed E-state index contributed by atoms with van der Waals surface area (Å²) in [7, 11) is 1.66. The number of methoxy groups -OCH3 is 1. The SMILES string of the molecule is COCCN(CC1CCCN1)C(=O)c1ccc(C)cc1Br. The number of nitrogens with zero attached hydrogens (tertiary/aromatic N) is 1. The molecule has 1 N–H and O–H groups in total. The Morgan fingerprint density at radius 2 is 2.33 bits per heavy atom. The standard InChI is InChI=1S/C16H23BrN2O2/c1-12-5-6-14(15(17)10-12)16(20)19(8-9-21-2)11-13-4-3-7-18-13/h5-6,10,13,18H,3-4,7-9,11H2,1-2H3. The van der Waals surface area contributed by atoms with E-state index in [9.17, 15) is 4.79 Å². The van der Waals surface area contributed by atoms with Crippen LogP contribution in [0.4, 0.5) is 0 Å². The quantitative estimate of drug-likeness (QED) is 0.853. The third-order valence-corrected chi connectivity index (χ3v) is 4.47. The van der Waals surface area contributed by atoms with E-state index in [4.69, 9.17) is 4.74 Å². The van der Waals surface area contributed by atoms with Gasteiger partial charge in [0.05, 0.1) is 12.2 Å². The van der Waals surface area contributed by atoms with Gasteiger partial charge in [0.25, 0.3) is 5.91 Å². The van der Waals surface area contributed by atoms with Crippen molar-refractivity contribution in [2.75, 3.05) is 33.4 Å². The van der Waals surface area contributed by atoms with Gasteiger partial charge >= 0.3 is 0 Å². The molecule has 0 aromatic heterocycles. The molecule has 1 saturated heterocycles. The van der Waals surface area contributed by atoms with Crippen LogP contribution in [0.2, 0.25) is 0 Å². The van der Waals surface area contributed by atoms with Crippen molar-refractivity contribution in [2.24, 2.45) is 0 Å². The first-order valence-corrected chi connectivity index (χ1v) is 8.19. The summed E-state index contributed by atoms with van der Waals surface area (Å²) in [6, 6.07) is 6.24. The van der Waals surface area contributed by atoms with Gasteiger partial charge in [0.2, 0.25) is 0 Å². The summed E-state index contributed by atoms with van der Waals surface area (Å²) >= 11 is 3.50. The predicted molar refractivity (Wildman–Crippen MR) is 87.7 cm³/mol. The summed E-state index contributed by atoms with van der Waals surface area (Å²) in [5.41, 5.74) is 1.86. The molecule has 1 aromatic rings. The molecule has 2 rings (SSSR count). The minimum absolute atomic E-state index is 0.0626. The zero-order valence-corrected chi connectivity index (χ0v) is 14.3. The Bertz CT molecular complexity index is 487. The van der Waals surface area contributed by atoms with Crippen LogP contribution in [0.25, 0.3) is 0 Å². The lowest BCUT2D eigenvalue weighted by molar-refractivity contribution is 0.0678. The van der Waals surface area contributed by atoms with Crippen molar-refractivity contribution in [3.8, 4) is 0 Å². The zero-order valence-electron chi connectivity index (χ0n) is 12.7. The maximum Gasteiger partial charge on any atom is 0.255 e. The number of benzene rings is 1. The number of halogens is 1. The van der Waals surface area contributed by atoms with Gasteiger partial charge in [-0.1, -0.05) is 6.07 Å².